The quantitative estimate of drug-likeness (QED) is 0.909. The Morgan fingerprint density at radius 3 is 2.81 bits per heavy atom. The topological polar surface area (TPSA) is 24.9 Å². The van der Waals surface area contributed by atoms with E-state index in [0.717, 1.165) is 17.9 Å². The lowest BCUT2D eigenvalue weighted by atomic mass is 9.76. The summed E-state index contributed by atoms with van der Waals surface area (Å²) in [7, 11) is 2.11. The molecule has 0 radical (unpaired) electrons. The Balaban J connectivity index is 1.89. The molecule has 2 unspecified atom stereocenters. The average Bonchev–Trinajstić information content (AvgIpc) is 2.84. The molecule has 1 N–H and O–H groups in total. The Morgan fingerprint density at radius 2 is 2.10 bits per heavy atom. The van der Waals surface area contributed by atoms with Gasteiger partial charge in [0.25, 0.3) is 0 Å². The molecule has 1 heterocycles. The van der Waals surface area contributed by atoms with Crippen molar-refractivity contribution in [1.82, 2.24) is 10.3 Å². The molecule has 1 aliphatic rings. The van der Waals surface area contributed by atoms with Crippen molar-refractivity contribution in [3.63, 3.8) is 0 Å². The first-order valence-electron chi connectivity index (χ1n) is 8.12. The summed E-state index contributed by atoms with van der Waals surface area (Å²) in [6.45, 7) is 4.86. The fourth-order valence-electron chi connectivity index (χ4n) is 4.12. The SMILES string of the molecule is CNC(Cc1ccnc2ccccc12)C1CCCC1(C)C. The van der Waals surface area contributed by atoms with Gasteiger partial charge in [-0.25, -0.2) is 0 Å². The average molecular weight is 282 g/mol. The molecule has 0 bridgehead atoms. The molecule has 1 aromatic heterocycles. The summed E-state index contributed by atoms with van der Waals surface area (Å²) in [6.07, 6.45) is 7.11. The van der Waals surface area contributed by atoms with Gasteiger partial charge in [0.15, 0.2) is 0 Å². The molecule has 0 saturated heterocycles. The first-order valence-corrected chi connectivity index (χ1v) is 8.12. The zero-order chi connectivity index (χ0) is 14.9. The van der Waals surface area contributed by atoms with Crippen LogP contribution in [-0.4, -0.2) is 18.1 Å². The number of fused-ring (bicyclic) bond motifs is 1. The molecule has 112 valence electrons. The molecular formula is C19H26N2. The van der Waals surface area contributed by atoms with Crippen LogP contribution in [0.2, 0.25) is 0 Å². The zero-order valence-corrected chi connectivity index (χ0v) is 13.4. The second-order valence-electron chi connectivity index (χ2n) is 7.07. The van der Waals surface area contributed by atoms with Crippen molar-refractivity contribution in [2.75, 3.05) is 7.05 Å². The van der Waals surface area contributed by atoms with Gasteiger partial charge in [0, 0.05) is 17.6 Å². The lowest BCUT2D eigenvalue weighted by Crippen LogP contribution is -2.40. The van der Waals surface area contributed by atoms with E-state index in [4.69, 9.17) is 0 Å². The van der Waals surface area contributed by atoms with Gasteiger partial charge < -0.3 is 5.32 Å². The van der Waals surface area contributed by atoms with E-state index in [0.29, 0.717) is 11.5 Å². The largest absolute Gasteiger partial charge is 0.316 e. The van der Waals surface area contributed by atoms with Crippen molar-refractivity contribution in [1.29, 1.82) is 0 Å². The summed E-state index contributed by atoms with van der Waals surface area (Å²) in [5.74, 6) is 0.759. The van der Waals surface area contributed by atoms with E-state index in [1.54, 1.807) is 0 Å². The Labute approximate surface area is 128 Å². The Hall–Kier alpha value is -1.41. The molecule has 3 rings (SSSR count). The van der Waals surface area contributed by atoms with Crippen LogP contribution in [0.5, 0.6) is 0 Å². The maximum Gasteiger partial charge on any atom is 0.0704 e. The van der Waals surface area contributed by atoms with Gasteiger partial charge in [-0.2, -0.15) is 0 Å². The number of para-hydroxylation sites is 1. The number of benzene rings is 1. The number of hydrogen-bond acceptors (Lipinski definition) is 2. The predicted octanol–water partition coefficient (Wildman–Crippen LogP) is 4.19. The fraction of sp³-hybridized carbons (Fsp3) is 0.526. The molecule has 2 nitrogen and oxygen atoms in total. The highest BCUT2D eigenvalue weighted by Gasteiger charge is 2.38. The second-order valence-corrected chi connectivity index (χ2v) is 7.07. The summed E-state index contributed by atoms with van der Waals surface area (Å²) < 4.78 is 0. The number of rotatable bonds is 4. The highest BCUT2D eigenvalue weighted by Crippen LogP contribution is 2.45. The third-order valence-corrected chi connectivity index (χ3v) is 5.38. The smallest absolute Gasteiger partial charge is 0.0704 e. The summed E-state index contributed by atoms with van der Waals surface area (Å²) >= 11 is 0. The maximum absolute atomic E-state index is 4.48. The standard InChI is InChI=1S/C19H26N2/c1-19(2)11-6-8-16(19)18(20-3)13-14-10-12-21-17-9-5-4-7-15(14)17/h4-5,7,9-10,12,16,18,20H,6,8,11,13H2,1-3H3. The fourth-order valence-corrected chi connectivity index (χ4v) is 4.12. The van der Waals surface area contributed by atoms with Crippen LogP contribution in [0, 0.1) is 11.3 Å². The molecule has 21 heavy (non-hydrogen) atoms. The molecule has 2 heteroatoms. The first-order chi connectivity index (χ1) is 10.1. The summed E-state index contributed by atoms with van der Waals surface area (Å²) in [5, 5.41) is 4.89. The molecule has 1 aliphatic carbocycles. The van der Waals surface area contributed by atoms with Gasteiger partial charge in [0.1, 0.15) is 0 Å². The van der Waals surface area contributed by atoms with Gasteiger partial charge in [-0.05, 0) is 55.3 Å². The molecular weight excluding hydrogens is 256 g/mol. The summed E-state index contributed by atoms with van der Waals surface area (Å²) in [5.41, 5.74) is 2.98. The van der Waals surface area contributed by atoms with E-state index < -0.39 is 0 Å². The number of pyridine rings is 1. The van der Waals surface area contributed by atoms with Crippen LogP contribution >= 0.6 is 0 Å². The van der Waals surface area contributed by atoms with Gasteiger partial charge in [0.2, 0.25) is 0 Å². The van der Waals surface area contributed by atoms with E-state index in [2.05, 4.69) is 61.5 Å². The lowest BCUT2D eigenvalue weighted by molar-refractivity contribution is 0.202. The van der Waals surface area contributed by atoms with Crippen molar-refractivity contribution in [2.24, 2.45) is 11.3 Å². The summed E-state index contributed by atoms with van der Waals surface area (Å²) in [4.78, 5) is 4.48. The molecule has 1 aromatic carbocycles. The van der Waals surface area contributed by atoms with E-state index in [1.165, 1.54) is 30.2 Å². The van der Waals surface area contributed by atoms with E-state index in [9.17, 15) is 0 Å². The molecule has 2 aromatic rings. The van der Waals surface area contributed by atoms with Crippen LogP contribution in [0.15, 0.2) is 36.5 Å². The number of hydrogen-bond donors (Lipinski definition) is 1. The van der Waals surface area contributed by atoms with Gasteiger partial charge >= 0.3 is 0 Å². The minimum atomic E-state index is 0.455. The van der Waals surface area contributed by atoms with Crippen molar-refractivity contribution in [2.45, 2.75) is 45.6 Å². The van der Waals surface area contributed by atoms with Crippen LogP contribution in [0.4, 0.5) is 0 Å². The Bertz CT molecular complexity index is 612. The molecule has 2 atom stereocenters. The third kappa shape index (κ3) is 2.82. The van der Waals surface area contributed by atoms with Gasteiger partial charge in [-0.3, -0.25) is 4.98 Å². The Kier molecular flexibility index (Phi) is 3.99. The van der Waals surface area contributed by atoms with Crippen LogP contribution in [0.1, 0.15) is 38.7 Å². The van der Waals surface area contributed by atoms with Crippen LogP contribution < -0.4 is 5.32 Å². The zero-order valence-electron chi connectivity index (χ0n) is 13.4. The molecule has 1 fully saturated rings. The number of likely N-dealkylation sites (N-methyl/N-ethyl adjacent to an activating group) is 1. The normalized spacial score (nSPS) is 22.5. The molecule has 1 saturated carbocycles. The van der Waals surface area contributed by atoms with Gasteiger partial charge in [-0.1, -0.05) is 38.5 Å². The van der Waals surface area contributed by atoms with Crippen molar-refractivity contribution >= 4 is 10.9 Å². The summed E-state index contributed by atoms with van der Waals surface area (Å²) in [6, 6.07) is 11.2. The minimum Gasteiger partial charge on any atom is -0.316 e. The molecule has 0 amide bonds. The molecule has 0 aliphatic heterocycles. The highest BCUT2D eigenvalue weighted by molar-refractivity contribution is 5.81. The Morgan fingerprint density at radius 1 is 1.29 bits per heavy atom. The number of nitrogens with one attached hydrogen (secondary N) is 1. The van der Waals surface area contributed by atoms with Crippen molar-refractivity contribution in [3.8, 4) is 0 Å². The van der Waals surface area contributed by atoms with E-state index in [1.807, 2.05) is 6.20 Å². The monoisotopic (exact) mass is 282 g/mol. The van der Waals surface area contributed by atoms with Gasteiger partial charge in [-0.15, -0.1) is 0 Å². The highest BCUT2D eigenvalue weighted by atomic mass is 14.9. The van der Waals surface area contributed by atoms with Gasteiger partial charge in [0.05, 0.1) is 5.52 Å². The maximum atomic E-state index is 4.48. The number of nitrogens with zero attached hydrogens (tertiary/aromatic N) is 1. The van der Waals surface area contributed by atoms with Crippen LogP contribution in [0.25, 0.3) is 10.9 Å². The van der Waals surface area contributed by atoms with Crippen molar-refractivity contribution in [3.05, 3.63) is 42.1 Å². The first kappa shape index (κ1) is 14.5. The van der Waals surface area contributed by atoms with Crippen molar-refractivity contribution < 1.29 is 0 Å². The predicted molar refractivity (Wildman–Crippen MR) is 89.4 cm³/mol. The third-order valence-electron chi connectivity index (χ3n) is 5.38. The lowest BCUT2D eigenvalue weighted by Gasteiger charge is -2.34. The van der Waals surface area contributed by atoms with E-state index in [-0.39, 0.29) is 0 Å². The molecule has 0 spiro atoms. The van der Waals surface area contributed by atoms with Crippen LogP contribution in [-0.2, 0) is 6.42 Å². The minimum absolute atomic E-state index is 0.455. The van der Waals surface area contributed by atoms with Crippen LogP contribution in [0.3, 0.4) is 0 Å². The number of aromatic nitrogens is 1. The second kappa shape index (κ2) is 5.76. The van der Waals surface area contributed by atoms with E-state index >= 15 is 0 Å².